The smallest absolute Gasteiger partial charge is 0.272 e. The molecule has 1 aromatic heterocycles. The van der Waals surface area contributed by atoms with Gasteiger partial charge >= 0.3 is 0 Å². The predicted octanol–water partition coefficient (Wildman–Crippen LogP) is 9.49. The van der Waals surface area contributed by atoms with E-state index >= 15 is 0 Å². The second-order valence-corrected chi connectivity index (χ2v) is 13.9. The number of thioether (sulfide) groups is 1. The molecule has 3 N–H and O–H groups in total. The van der Waals surface area contributed by atoms with Crippen LogP contribution in [0.4, 0.5) is 10.7 Å². The molecule has 6 aromatic rings. The van der Waals surface area contributed by atoms with Crippen molar-refractivity contribution in [3.05, 3.63) is 172 Å². The number of nitriles is 1. The van der Waals surface area contributed by atoms with Gasteiger partial charge in [-0.3, -0.25) is 14.4 Å². The van der Waals surface area contributed by atoms with Crippen molar-refractivity contribution >= 4 is 57.6 Å². The average Bonchev–Trinajstić information content (AvgIpc) is 3.60. The minimum Gasteiger partial charge on any atom is -0.496 e. The molecule has 0 aliphatic rings. The van der Waals surface area contributed by atoms with Crippen molar-refractivity contribution in [3.8, 4) is 22.9 Å². The second kappa shape index (κ2) is 17.2. The van der Waals surface area contributed by atoms with Gasteiger partial charge in [0.1, 0.15) is 27.8 Å². The number of nitrogens with one attached hydrogen (secondary N) is 3. The molecule has 1 unspecified atom stereocenters. The Balaban J connectivity index is 1.25. The van der Waals surface area contributed by atoms with Gasteiger partial charge in [0.2, 0.25) is 5.91 Å². The Morgan fingerprint density at radius 2 is 1.53 bits per heavy atom. The zero-order valence-corrected chi connectivity index (χ0v) is 30.5. The number of amides is 3. The van der Waals surface area contributed by atoms with Crippen LogP contribution in [0.2, 0.25) is 0 Å². The van der Waals surface area contributed by atoms with Crippen LogP contribution in [0.3, 0.4) is 0 Å². The van der Waals surface area contributed by atoms with Gasteiger partial charge in [0.15, 0.2) is 0 Å². The number of carbonyl (C=O) groups excluding carboxylic acids is 3. The Morgan fingerprint density at radius 1 is 0.830 bits per heavy atom. The molecule has 5 aromatic carbocycles. The van der Waals surface area contributed by atoms with Crippen molar-refractivity contribution in [1.29, 1.82) is 5.26 Å². The lowest BCUT2D eigenvalue weighted by Gasteiger charge is -2.18. The van der Waals surface area contributed by atoms with Crippen LogP contribution < -0.4 is 20.7 Å². The van der Waals surface area contributed by atoms with Crippen LogP contribution in [0.25, 0.3) is 17.2 Å². The molecule has 53 heavy (non-hydrogen) atoms. The van der Waals surface area contributed by atoms with Gasteiger partial charge in [-0.2, -0.15) is 5.26 Å². The molecule has 0 radical (unpaired) electrons. The largest absolute Gasteiger partial charge is 0.496 e. The van der Waals surface area contributed by atoms with Gasteiger partial charge in [-0.15, -0.1) is 23.1 Å². The third-order valence-corrected chi connectivity index (χ3v) is 10.3. The van der Waals surface area contributed by atoms with E-state index in [-0.39, 0.29) is 11.6 Å². The van der Waals surface area contributed by atoms with E-state index in [0.717, 1.165) is 22.3 Å². The summed E-state index contributed by atoms with van der Waals surface area (Å²) >= 11 is 2.62. The van der Waals surface area contributed by atoms with Crippen molar-refractivity contribution in [2.75, 3.05) is 17.7 Å². The summed E-state index contributed by atoms with van der Waals surface area (Å²) in [4.78, 5) is 41.7. The van der Waals surface area contributed by atoms with Gasteiger partial charge in [0.05, 0.1) is 12.7 Å². The number of hydrogen-bond donors (Lipinski definition) is 3. The summed E-state index contributed by atoms with van der Waals surface area (Å²) in [5.74, 6) is -0.758. The van der Waals surface area contributed by atoms with Gasteiger partial charge in [-0.1, -0.05) is 103 Å². The first-order valence-corrected chi connectivity index (χ1v) is 18.3. The first-order chi connectivity index (χ1) is 25.8. The number of para-hydroxylation sites is 1. The minimum atomic E-state index is -0.690. The number of methoxy groups -OCH3 is 1. The minimum absolute atomic E-state index is 0.0113. The van der Waals surface area contributed by atoms with Crippen molar-refractivity contribution in [1.82, 2.24) is 5.32 Å². The van der Waals surface area contributed by atoms with Crippen LogP contribution in [0.15, 0.2) is 149 Å². The molecule has 1 heterocycles. The number of carbonyl (C=O) groups is 3. The fourth-order valence-corrected chi connectivity index (χ4v) is 7.46. The number of aryl methyl sites for hydroxylation is 1. The lowest BCUT2D eigenvalue weighted by molar-refractivity contribution is -0.116. The van der Waals surface area contributed by atoms with E-state index in [0.29, 0.717) is 38.0 Å². The van der Waals surface area contributed by atoms with Crippen LogP contribution in [0.5, 0.6) is 5.75 Å². The molecule has 8 nitrogen and oxygen atoms in total. The fourth-order valence-electron chi connectivity index (χ4n) is 5.45. The summed E-state index contributed by atoms with van der Waals surface area (Å²) in [6, 6.07) is 42.5. The highest BCUT2D eigenvalue weighted by Gasteiger charge is 2.25. The lowest BCUT2D eigenvalue weighted by Crippen LogP contribution is -2.30. The molecule has 0 aliphatic heterocycles. The van der Waals surface area contributed by atoms with E-state index in [2.05, 4.69) is 22.0 Å². The second-order valence-electron chi connectivity index (χ2n) is 11.8. The van der Waals surface area contributed by atoms with Crippen molar-refractivity contribution in [3.63, 3.8) is 0 Å². The Bertz CT molecular complexity index is 2310. The molecule has 1 atom stereocenters. The van der Waals surface area contributed by atoms with Crippen molar-refractivity contribution < 1.29 is 19.1 Å². The molecule has 0 spiro atoms. The monoisotopic (exact) mass is 734 g/mol. The summed E-state index contributed by atoms with van der Waals surface area (Å²) < 4.78 is 5.48. The molecule has 3 amide bonds. The van der Waals surface area contributed by atoms with Crippen molar-refractivity contribution in [2.24, 2.45) is 0 Å². The Hall–Kier alpha value is -6.41. The molecule has 0 saturated carbocycles. The summed E-state index contributed by atoms with van der Waals surface area (Å²) in [7, 11) is 1.53. The fraction of sp³-hybridized carbons (Fsp3) is 0.0698. The van der Waals surface area contributed by atoms with Crippen LogP contribution in [0.1, 0.15) is 37.9 Å². The number of benzene rings is 5. The third-order valence-electron chi connectivity index (χ3n) is 8.16. The number of thiophene rings is 1. The quantitative estimate of drug-likeness (QED) is 0.0851. The van der Waals surface area contributed by atoms with E-state index in [1.54, 1.807) is 66.7 Å². The number of nitrogens with zero attached hydrogens (tertiary/aromatic N) is 1. The van der Waals surface area contributed by atoms with Crippen LogP contribution >= 0.6 is 23.1 Å². The van der Waals surface area contributed by atoms with Crippen LogP contribution in [0, 0.1) is 18.3 Å². The Morgan fingerprint density at radius 3 is 2.25 bits per heavy atom. The standard InChI is InChI=1S/C43H34N4O4S2/c1-28-20-22-29(23-21-28)36-27-52-43(35(36)26-44)47-42(50)39(30-12-5-3-6-13-30)53-34-18-11-17-33(25-34)45-41(49)37(24-32-16-9-10-19-38(32)51-2)46-40(48)31-14-7-4-8-15-31/h3-25,27,39H,1-2H3,(H,45,49)(H,46,48)(H,47,50)/b37-24+. The van der Waals surface area contributed by atoms with E-state index in [4.69, 9.17) is 4.74 Å². The van der Waals surface area contributed by atoms with E-state index in [9.17, 15) is 19.6 Å². The predicted molar refractivity (Wildman–Crippen MR) is 213 cm³/mol. The van der Waals surface area contributed by atoms with E-state index in [1.165, 1.54) is 30.2 Å². The third kappa shape index (κ3) is 9.10. The van der Waals surface area contributed by atoms with Gasteiger partial charge in [0, 0.05) is 32.7 Å². The van der Waals surface area contributed by atoms with Gasteiger partial charge < -0.3 is 20.7 Å². The van der Waals surface area contributed by atoms with Gasteiger partial charge in [-0.05, 0) is 60.5 Å². The first-order valence-electron chi connectivity index (χ1n) is 16.6. The van der Waals surface area contributed by atoms with Crippen LogP contribution in [-0.4, -0.2) is 24.8 Å². The zero-order chi connectivity index (χ0) is 37.2. The normalized spacial score (nSPS) is 11.5. The van der Waals surface area contributed by atoms with Crippen LogP contribution in [-0.2, 0) is 9.59 Å². The highest BCUT2D eigenvalue weighted by molar-refractivity contribution is 8.00. The maximum absolute atomic E-state index is 14.0. The molecule has 0 saturated heterocycles. The molecule has 6 rings (SSSR count). The molecule has 262 valence electrons. The molecule has 0 aliphatic carbocycles. The lowest BCUT2D eigenvalue weighted by atomic mass is 10.0. The summed E-state index contributed by atoms with van der Waals surface area (Å²) in [6.07, 6.45) is 1.56. The molecule has 10 heteroatoms. The zero-order valence-electron chi connectivity index (χ0n) is 28.8. The highest BCUT2D eigenvalue weighted by atomic mass is 32.2. The van der Waals surface area contributed by atoms with E-state index < -0.39 is 17.1 Å². The summed E-state index contributed by atoms with van der Waals surface area (Å²) in [5, 5.41) is 20.4. The van der Waals surface area contributed by atoms with E-state index in [1.807, 2.05) is 85.1 Å². The molecule has 0 bridgehead atoms. The average molecular weight is 735 g/mol. The molecule has 0 fully saturated rings. The summed E-state index contributed by atoms with van der Waals surface area (Å²) in [6.45, 7) is 2.00. The Kier molecular flexibility index (Phi) is 11.8. The number of hydrogen-bond acceptors (Lipinski definition) is 7. The number of rotatable bonds is 12. The molecular formula is C43H34N4O4S2. The Labute approximate surface area is 316 Å². The van der Waals surface area contributed by atoms with Gasteiger partial charge in [-0.25, -0.2) is 0 Å². The molecular weight excluding hydrogens is 701 g/mol. The summed E-state index contributed by atoms with van der Waals surface area (Å²) in [5.41, 5.74) is 5.42. The number of anilines is 2. The highest BCUT2D eigenvalue weighted by Crippen LogP contribution is 2.40. The topological polar surface area (TPSA) is 120 Å². The maximum Gasteiger partial charge on any atom is 0.272 e. The maximum atomic E-state index is 14.0. The first kappa shape index (κ1) is 36.4. The SMILES string of the molecule is COc1ccccc1/C=C(/NC(=O)c1ccccc1)C(=O)Nc1cccc(SC(C(=O)Nc2scc(-c3ccc(C)cc3)c2C#N)c2ccccc2)c1. The number of ether oxygens (including phenoxy) is 1. The van der Waals surface area contributed by atoms with Crippen molar-refractivity contribution in [2.45, 2.75) is 17.1 Å². The van der Waals surface area contributed by atoms with Gasteiger partial charge in [0.25, 0.3) is 11.8 Å².